The van der Waals surface area contributed by atoms with Crippen LogP contribution in [-0.4, -0.2) is 16.2 Å². The van der Waals surface area contributed by atoms with E-state index in [1.54, 1.807) is 0 Å². The molecular formula is C16H19N3O. The van der Waals surface area contributed by atoms with Crippen molar-refractivity contribution in [3.8, 4) is 0 Å². The monoisotopic (exact) mass is 269 g/mol. The Balaban J connectivity index is 1.54. The van der Waals surface area contributed by atoms with Gasteiger partial charge in [-0.1, -0.05) is 35.5 Å². The summed E-state index contributed by atoms with van der Waals surface area (Å²) in [5.41, 5.74) is 7.54. The van der Waals surface area contributed by atoms with E-state index in [1.165, 1.54) is 24.8 Å². The highest BCUT2D eigenvalue weighted by Gasteiger charge is 2.48. The molecule has 1 heterocycles. The van der Waals surface area contributed by atoms with E-state index < -0.39 is 0 Å². The number of benzene rings is 1. The van der Waals surface area contributed by atoms with Crippen molar-refractivity contribution < 1.29 is 4.52 Å². The molecule has 2 aromatic rings. The maximum atomic E-state index is 6.33. The van der Waals surface area contributed by atoms with E-state index in [0.717, 1.165) is 18.1 Å². The van der Waals surface area contributed by atoms with E-state index in [1.807, 2.05) is 18.2 Å². The fourth-order valence-corrected chi connectivity index (χ4v) is 3.96. The summed E-state index contributed by atoms with van der Waals surface area (Å²) in [6.45, 7) is 0. The molecule has 0 aliphatic heterocycles. The molecule has 0 saturated heterocycles. The molecule has 0 spiro atoms. The van der Waals surface area contributed by atoms with Gasteiger partial charge in [0.05, 0.1) is 5.92 Å². The van der Waals surface area contributed by atoms with Gasteiger partial charge >= 0.3 is 0 Å². The van der Waals surface area contributed by atoms with Crippen LogP contribution in [0.15, 0.2) is 34.9 Å². The Morgan fingerprint density at radius 1 is 1.15 bits per heavy atom. The Morgan fingerprint density at radius 3 is 2.70 bits per heavy atom. The molecule has 1 aromatic heterocycles. The molecule has 0 amide bonds. The fourth-order valence-electron chi connectivity index (χ4n) is 3.96. The molecule has 4 heteroatoms. The third-order valence-electron chi connectivity index (χ3n) is 4.95. The number of rotatable bonds is 3. The topological polar surface area (TPSA) is 64.9 Å². The highest BCUT2D eigenvalue weighted by Crippen LogP contribution is 2.51. The summed E-state index contributed by atoms with van der Waals surface area (Å²) in [5, 5.41) is 4.13. The van der Waals surface area contributed by atoms with Gasteiger partial charge in [0.2, 0.25) is 5.89 Å². The van der Waals surface area contributed by atoms with Gasteiger partial charge in [0.15, 0.2) is 5.82 Å². The molecule has 2 N–H and O–H groups in total. The Labute approximate surface area is 118 Å². The third-order valence-corrected chi connectivity index (χ3v) is 4.95. The van der Waals surface area contributed by atoms with Gasteiger partial charge in [0.1, 0.15) is 0 Å². The van der Waals surface area contributed by atoms with E-state index in [9.17, 15) is 0 Å². The SMILES string of the molecule is NC1C2CCC(C2)C1c1nc(Cc2ccccc2)no1. The first-order chi connectivity index (χ1) is 9.81. The second-order valence-corrected chi connectivity index (χ2v) is 6.15. The molecule has 4 atom stereocenters. The third kappa shape index (κ3) is 1.95. The molecule has 4 nitrogen and oxygen atoms in total. The average molecular weight is 269 g/mol. The van der Waals surface area contributed by atoms with Crippen molar-refractivity contribution in [3.63, 3.8) is 0 Å². The lowest BCUT2D eigenvalue weighted by Gasteiger charge is -2.24. The molecule has 2 bridgehead atoms. The lowest BCUT2D eigenvalue weighted by Crippen LogP contribution is -2.34. The van der Waals surface area contributed by atoms with Crippen molar-refractivity contribution in [1.82, 2.24) is 10.1 Å². The van der Waals surface area contributed by atoms with E-state index in [2.05, 4.69) is 22.3 Å². The summed E-state index contributed by atoms with van der Waals surface area (Å²) in [4.78, 5) is 4.60. The molecule has 2 aliphatic rings. The summed E-state index contributed by atoms with van der Waals surface area (Å²) >= 11 is 0. The first-order valence-corrected chi connectivity index (χ1v) is 7.43. The lowest BCUT2D eigenvalue weighted by molar-refractivity contribution is 0.278. The smallest absolute Gasteiger partial charge is 0.231 e. The molecule has 2 fully saturated rings. The molecule has 1 aromatic carbocycles. The summed E-state index contributed by atoms with van der Waals surface area (Å²) < 4.78 is 5.50. The van der Waals surface area contributed by atoms with Crippen molar-refractivity contribution in [2.75, 3.05) is 0 Å². The molecule has 104 valence electrons. The minimum Gasteiger partial charge on any atom is -0.339 e. The van der Waals surface area contributed by atoms with Gasteiger partial charge < -0.3 is 10.3 Å². The number of hydrogen-bond acceptors (Lipinski definition) is 4. The average Bonchev–Trinajstić information content (AvgIpc) is 3.16. The quantitative estimate of drug-likeness (QED) is 0.929. The fraction of sp³-hybridized carbons (Fsp3) is 0.500. The normalized spacial score (nSPS) is 31.9. The van der Waals surface area contributed by atoms with E-state index in [-0.39, 0.29) is 12.0 Å². The van der Waals surface area contributed by atoms with Gasteiger partial charge in [-0.05, 0) is 36.7 Å². The second kappa shape index (κ2) is 4.70. The largest absolute Gasteiger partial charge is 0.339 e. The maximum Gasteiger partial charge on any atom is 0.231 e. The minimum atomic E-state index is 0.207. The highest BCUT2D eigenvalue weighted by molar-refractivity contribution is 5.19. The van der Waals surface area contributed by atoms with Crippen LogP contribution in [0.25, 0.3) is 0 Å². The van der Waals surface area contributed by atoms with E-state index in [4.69, 9.17) is 10.3 Å². The maximum absolute atomic E-state index is 6.33. The predicted octanol–water partition coefficient (Wildman–Crippen LogP) is 2.50. The van der Waals surface area contributed by atoms with E-state index >= 15 is 0 Å². The van der Waals surface area contributed by atoms with Gasteiger partial charge in [-0.3, -0.25) is 0 Å². The van der Waals surface area contributed by atoms with Crippen LogP contribution in [0, 0.1) is 11.8 Å². The first kappa shape index (κ1) is 12.1. The van der Waals surface area contributed by atoms with Gasteiger partial charge in [-0.2, -0.15) is 4.98 Å². The predicted molar refractivity (Wildman–Crippen MR) is 75.1 cm³/mol. The number of fused-ring (bicyclic) bond motifs is 2. The molecule has 4 rings (SSSR count). The number of nitrogens with two attached hydrogens (primary N) is 1. The highest BCUT2D eigenvalue weighted by atomic mass is 16.5. The van der Waals surface area contributed by atoms with Crippen molar-refractivity contribution in [3.05, 3.63) is 47.6 Å². The number of nitrogens with zero attached hydrogens (tertiary/aromatic N) is 2. The van der Waals surface area contributed by atoms with Crippen LogP contribution >= 0.6 is 0 Å². The van der Waals surface area contributed by atoms with Crippen LogP contribution in [0.4, 0.5) is 0 Å². The Kier molecular flexibility index (Phi) is 2.84. The zero-order valence-corrected chi connectivity index (χ0v) is 11.4. The molecule has 0 radical (unpaired) electrons. The van der Waals surface area contributed by atoms with Crippen molar-refractivity contribution in [1.29, 1.82) is 0 Å². The molecule has 2 saturated carbocycles. The molecule has 20 heavy (non-hydrogen) atoms. The standard InChI is InChI=1S/C16H19N3O/c17-15-12-7-6-11(9-12)14(15)16-18-13(19-20-16)8-10-4-2-1-3-5-10/h1-5,11-12,14-15H,6-9,17H2. The molecule has 4 unspecified atom stereocenters. The van der Waals surface area contributed by atoms with Crippen LogP contribution in [-0.2, 0) is 6.42 Å². The summed E-state index contributed by atoms with van der Waals surface area (Å²) in [6, 6.07) is 10.4. The van der Waals surface area contributed by atoms with Crippen LogP contribution < -0.4 is 5.73 Å². The van der Waals surface area contributed by atoms with Gasteiger partial charge in [-0.15, -0.1) is 0 Å². The van der Waals surface area contributed by atoms with Gasteiger partial charge in [0, 0.05) is 12.5 Å². The van der Waals surface area contributed by atoms with Gasteiger partial charge in [0.25, 0.3) is 0 Å². The van der Waals surface area contributed by atoms with Crippen molar-refractivity contribution in [2.45, 2.75) is 37.6 Å². The Morgan fingerprint density at radius 2 is 1.95 bits per heavy atom. The van der Waals surface area contributed by atoms with Crippen LogP contribution in [0.3, 0.4) is 0 Å². The summed E-state index contributed by atoms with van der Waals surface area (Å²) in [6.07, 6.45) is 4.50. The molecule has 2 aliphatic carbocycles. The van der Waals surface area contributed by atoms with Gasteiger partial charge in [-0.25, -0.2) is 0 Å². The van der Waals surface area contributed by atoms with Crippen molar-refractivity contribution >= 4 is 0 Å². The summed E-state index contributed by atoms with van der Waals surface area (Å²) in [7, 11) is 0. The molecular weight excluding hydrogens is 250 g/mol. The Bertz CT molecular complexity index is 593. The first-order valence-electron chi connectivity index (χ1n) is 7.43. The second-order valence-electron chi connectivity index (χ2n) is 6.15. The zero-order valence-electron chi connectivity index (χ0n) is 11.4. The van der Waals surface area contributed by atoms with E-state index in [0.29, 0.717) is 11.8 Å². The number of hydrogen-bond donors (Lipinski definition) is 1. The van der Waals surface area contributed by atoms with Crippen LogP contribution in [0.1, 0.15) is 42.5 Å². The number of aromatic nitrogens is 2. The van der Waals surface area contributed by atoms with Crippen LogP contribution in [0.5, 0.6) is 0 Å². The van der Waals surface area contributed by atoms with Crippen molar-refractivity contribution in [2.24, 2.45) is 17.6 Å². The minimum absolute atomic E-state index is 0.207. The summed E-state index contributed by atoms with van der Waals surface area (Å²) in [5.74, 6) is 3.12. The zero-order chi connectivity index (χ0) is 13.5. The van der Waals surface area contributed by atoms with Crippen LogP contribution in [0.2, 0.25) is 0 Å². The lowest BCUT2D eigenvalue weighted by atomic mass is 9.85. The Hall–Kier alpha value is -1.68.